The third kappa shape index (κ3) is 5.08. The van der Waals surface area contributed by atoms with Crippen molar-refractivity contribution in [3.63, 3.8) is 0 Å². The van der Waals surface area contributed by atoms with Crippen molar-refractivity contribution >= 4 is 5.91 Å². The third-order valence-electron chi connectivity index (χ3n) is 3.80. The van der Waals surface area contributed by atoms with Crippen LogP contribution in [0.15, 0.2) is 42.5 Å². The molecule has 2 rings (SSSR count). The maximum atomic E-state index is 13.7. The molecule has 0 aliphatic heterocycles. The van der Waals surface area contributed by atoms with Crippen molar-refractivity contribution in [2.45, 2.75) is 19.4 Å². The zero-order valence-corrected chi connectivity index (χ0v) is 14.0. The summed E-state index contributed by atoms with van der Waals surface area (Å²) >= 11 is 0. The zero-order valence-electron chi connectivity index (χ0n) is 14.0. The van der Waals surface area contributed by atoms with E-state index in [1.807, 2.05) is 19.1 Å². The van der Waals surface area contributed by atoms with Crippen LogP contribution in [0.4, 0.5) is 8.78 Å². The van der Waals surface area contributed by atoms with Gasteiger partial charge in [-0.25, -0.2) is 8.78 Å². The SMILES string of the molecule is CCOCCc1ccc(C(CO)NC(=O)c2c(F)cccc2F)cc1. The van der Waals surface area contributed by atoms with E-state index < -0.39 is 29.1 Å². The quantitative estimate of drug-likeness (QED) is 0.721. The van der Waals surface area contributed by atoms with Gasteiger partial charge in [0, 0.05) is 6.61 Å². The van der Waals surface area contributed by atoms with Crippen LogP contribution >= 0.6 is 0 Å². The Labute approximate surface area is 145 Å². The van der Waals surface area contributed by atoms with Crippen LogP contribution in [-0.2, 0) is 11.2 Å². The fourth-order valence-electron chi connectivity index (χ4n) is 2.43. The Morgan fingerprint density at radius 1 is 1.16 bits per heavy atom. The molecule has 25 heavy (non-hydrogen) atoms. The van der Waals surface area contributed by atoms with Crippen LogP contribution in [0.3, 0.4) is 0 Å². The summed E-state index contributed by atoms with van der Waals surface area (Å²) in [5.41, 5.74) is 1.04. The van der Waals surface area contributed by atoms with Gasteiger partial charge in [0.15, 0.2) is 0 Å². The van der Waals surface area contributed by atoms with Gasteiger partial charge in [-0.05, 0) is 36.6 Å². The van der Waals surface area contributed by atoms with Crippen LogP contribution in [0.2, 0.25) is 0 Å². The number of amides is 1. The fraction of sp³-hybridized carbons (Fsp3) is 0.316. The average molecular weight is 349 g/mol. The van der Waals surface area contributed by atoms with Crippen LogP contribution in [0, 0.1) is 11.6 Å². The highest BCUT2D eigenvalue weighted by Gasteiger charge is 2.21. The van der Waals surface area contributed by atoms with Gasteiger partial charge >= 0.3 is 0 Å². The topological polar surface area (TPSA) is 58.6 Å². The van der Waals surface area contributed by atoms with Gasteiger partial charge in [-0.2, -0.15) is 0 Å². The molecule has 2 aromatic carbocycles. The van der Waals surface area contributed by atoms with Crippen LogP contribution in [-0.4, -0.2) is 30.8 Å². The molecular weight excluding hydrogens is 328 g/mol. The minimum Gasteiger partial charge on any atom is -0.394 e. The van der Waals surface area contributed by atoms with Crippen molar-refractivity contribution in [3.05, 3.63) is 70.8 Å². The molecule has 0 aromatic heterocycles. The second-order valence-corrected chi connectivity index (χ2v) is 5.49. The monoisotopic (exact) mass is 349 g/mol. The number of carbonyl (C=O) groups excluding carboxylic acids is 1. The van der Waals surface area contributed by atoms with E-state index in [9.17, 15) is 18.7 Å². The number of rotatable bonds is 8. The van der Waals surface area contributed by atoms with E-state index in [1.54, 1.807) is 12.1 Å². The highest BCUT2D eigenvalue weighted by molar-refractivity contribution is 5.95. The van der Waals surface area contributed by atoms with Gasteiger partial charge in [0.05, 0.1) is 19.3 Å². The summed E-state index contributed by atoms with van der Waals surface area (Å²) in [6.07, 6.45) is 0.755. The molecule has 1 amide bonds. The van der Waals surface area contributed by atoms with E-state index in [0.29, 0.717) is 18.8 Å². The molecule has 0 aliphatic carbocycles. The number of carbonyl (C=O) groups is 1. The average Bonchev–Trinajstić information content (AvgIpc) is 2.60. The van der Waals surface area contributed by atoms with Gasteiger partial charge in [0.1, 0.15) is 17.2 Å². The number of hydrogen-bond donors (Lipinski definition) is 2. The second-order valence-electron chi connectivity index (χ2n) is 5.49. The lowest BCUT2D eigenvalue weighted by Gasteiger charge is -2.17. The maximum absolute atomic E-state index is 13.7. The highest BCUT2D eigenvalue weighted by Crippen LogP contribution is 2.17. The molecule has 0 saturated heterocycles. The zero-order chi connectivity index (χ0) is 18.2. The minimum absolute atomic E-state index is 0.389. The number of aliphatic hydroxyl groups excluding tert-OH is 1. The molecule has 4 nitrogen and oxygen atoms in total. The van der Waals surface area contributed by atoms with Gasteiger partial charge in [-0.3, -0.25) is 4.79 Å². The molecule has 1 unspecified atom stereocenters. The molecule has 0 radical (unpaired) electrons. The standard InChI is InChI=1S/C19H21F2NO3/c1-2-25-11-10-13-6-8-14(9-7-13)17(12-23)22-19(24)18-15(20)4-3-5-16(18)21/h3-9,17,23H,2,10-12H2,1H3,(H,22,24). The first kappa shape index (κ1) is 19.0. The summed E-state index contributed by atoms with van der Waals surface area (Å²) in [6.45, 7) is 2.81. The predicted molar refractivity (Wildman–Crippen MR) is 90.3 cm³/mol. The largest absolute Gasteiger partial charge is 0.394 e. The molecule has 0 saturated carbocycles. The van der Waals surface area contributed by atoms with Crippen LogP contribution < -0.4 is 5.32 Å². The fourth-order valence-corrected chi connectivity index (χ4v) is 2.43. The molecule has 2 aromatic rings. The third-order valence-corrected chi connectivity index (χ3v) is 3.80. The first-order valence-corrected chi connectivity index (χ1v) is 8.09. The van der Waals surface area contributed by atoms with Gasteiger partial charge in [-0.15, -0.1) is 0 Å². The number of hydrogen-bond acceptors (Lipinski definition) is 3. The van der Waals surface area contributed by atoms with Crippen molar-refractivity contribution in [1.82, 2.24) is 5.32 Å². The van der Waals surface area contributed by atoms with Gasteiger partial charge < -0.3 is 15.2 Å². The minimum atomic E-state index is -0.944. The number of aliphatic hydroxyl groups is 1. The summed E-state index contributed by atoms with van der Waals surface area (Å²) in [4.78, 5) is 12.2. The van der Waals surface area contributed by atoms with Crippen molar-refractivity contribution in [2.24, 2.45) is 0 Å². The normalized spacial score (nSPS) is 12.0. The Balaban J connectivity index is 2.08. The molecular formula is C19H21F2NO3. The lowest BCUT2D eigenvalue weighted by molar-refractivity contribution is 0.0907. The first-order valence-electron chi connectivity index (χ1n) is 8.09. The van der Waals surface area contributed by atoms with Crippen LogP contribution in [0.25, 0.3) is 0 Å². The van der Waals surface area contributed by atoms with E-state index in [2.05, 4.69) is 5.32 Å². The van der Waals surface area contributed by atoms with E-state index in [4.69, 9.17) is 4.74 Å². The molecule has 0 spiro atoms. The van der Waals surface area contributed by atoms with Crippen molar-refractivity contribution < 1.29 is 23.4 Å². The Morgan fingerprint density at radius 2 is 1.80 bits per heavy atom. The van der Waals surface area contributed by atoms with Crippen molar-refractivity contribution in [3.8, 4) is 0 Å². The number of nitrogens with one attached hydrogen (secondary N) is 1. The lowest BCUT2D eigenvalue weighted by Crippen LogP contribution is -2.32. The second kappa shape index (κ2) is 9.25. The Kier molecular flexibility index (Phi) is 7.03. The molecule has 0 aliphatic rings. The number of benzene rings is 2. The molecule has 0 bridgehead atoms. The van der Waals surface area contributed by atoms with E-state index >= 15 is 0 Å². The summed E-state index contributed by atoms with van der Waals surface area (Å²) in [5, 5.41) is 12.0. The van der Waals surface area contributed by atoms with Gasteiger partial charge in [-0.1, -0.05) is 30.3 Å². The first-order chi connectivity index (χ1) is 12.1. The molecule has 2 N–H and O–H groups in total. The smallest absolute Gasteiger partial charge is 0.257 e. The van der Waals surface area contributed by atoms with Crippen LogP contribution in [0.1, 0.15) is 34.5 Å². The summed E-state index contributed by atoms with van der Waals surface area (Å²) < 4.78 is 32.7. The molecule has 0 fully saturated rings. The molecule has 6 heteroatoms. The van der Waals surface area contributed by atoms with E-state index in [1.165, 1.54) is 6.07 Å². The summed E-state index contributed by atoms with van der Waals surface area (Å²) in [5.74, 6) is -2.80. The Hall–Kier alpha value is -2.31. The van der Waals surface area contributed by atoms with Crippen molar-refractivity contribution in [1.29, 1.82) is 0 Å². The van der Waals surface area contributed by atoms with Crippen LogP contribution in [0.5, 0.6) is 0 Å². The number of halogens is 2. The Morgan fingerprint density at radius 3 is 2.36 bits per heavy atom. The van der Waals surface area contributed by atoms with Crippen molar-refractivity contribution in [2.75, 3.05) is 19.8 Å². The summed E-state index contributed by atoms with van der Waals surface area (Å²) in [6, 6.07) is 9.72. The molecule has 134 valence electrons. The summed E-state index contributed by atoms with van der Waals surface area (Å²) in [7, 11) is 0. The predicted octanol–water partition coefficient (Wildman–Crippen LogP) is 3.01. The molecule has 1 atom stereocenters. The Bertz CT molecular complexity index is 684. The van der Waals surface area contributed by atoms with E-state index in [0.717, 1.165) is 24.1 Å². The van der Waals surface area contributed by atoms with Gasteiger partial charge in [0.2, 0.25) is 0 Å². The number of ether oxygens (including phenoxy) is 1. The van der Waals surface area contributed by atoms with Gasteiger partial charge in [0.25, 0.3) is 5.91 Å². The lowest BCUT2D eigenvalue weighted by atomic mass is 10.0. The molecule has 0 heterocycles. The maximum Gasteiger partial charge on any atom is 0.257 e. The van der Waals surface area contributed by atoms with E-state index in [-0.39, 0.29) is 6.61 Å². The highest BCUT2D eigenvalue weighted by atomic mass is 19.1.